The Morgan fingerprint density at radius 1 is 0.872 bits per heavy atom. The van der Waals surface area contributed by atoms with Gasteiger partial charge in [-0.3, -0.25) is 9.59 Å². The Hall–Kier alpha value is -5.32. The van der Waals surface area contributed by atoms with Gasteiger partial charge in [0.05, 0.1) is 12.8 Å². The van der Waals surface area contributed by atoms with Crippen LogP contribution in [0.2, 0.25) is 0 Å². The summed E-state index contributed by atoms with van der Waals surface area (Å²) in [5.74, 6) is 0.0890. The van der Waals surface area contributed by atoms with Crippen molar-refractivity contribution in [3.63, 3.8) is 0 Å². The second-order valence-corrected chi connectivity index (χ2v) is 12.7. The van der Waals surface area contributed by atoms with Crippen LogP contribution in [0.3, 0.4) is 0 Å². The molecule has 0 unspecified atom stereocenters. The number of carbonyl (C=O) groups is 3. The van der Waals surface area contributed by atoms with Crippen molar-refractivity contribution in [1.82, 2.24) is 19.5 Å². The number of ether oxygens (including phenoxy) is 2. The molecule has 47 heavy (non-hydrogen) atoms. The van der Waals surface area contributed by atoms with Crippen LogP contribution < -0.4 is 10.1 Å². The highest BCUT2D eigenvalue weighted by Gasteiger charge is 2.29. The topological polar surface area (TPSA) is 126 Å². The number of amides is 3. The van der Waals surface area contributed by atoms with Gasteiger partial charge in [-0.05, 0) is 94.6 Å². The number of hydrogen-bond donors (Lipinski definition) is 2. The molecule has 2 N–H and O–H groups in total. The van der Waals surface area contributed by atoms with E-state index in [-0.39, 0.29) is 17.4 Å². The van der Waals surface area contributed by atoms with E-state index in [9.17, 15) is 19.6 Å². The van der Waals surface area contributed by atoms with Gasteiger partial charge in [-0.15, -0.1) is 0 Å². The number of rotatable bonds is 6. The van der Waals surface area contributed by atoms with Crippen LogP contribution in [0.1, 0.15) is 58.4 Å². The Kier molecular flexibility index (Phi) is 9.28. The molecule has 1 saturated heterocycles. The van der Waals surface area contributed by atoms with Gasteiger partial charge in [0, 0.05) is 48.6 Å². The smallest absolute Gasteiger partial charge is 0.410 e. The lowest BCUT2D eigenvalue weighted by molar-refractivity contribution is 0.0141. The van der Waals surface area contributed by atoms with Gasteiger partial charge in [-0.25, -0.2) is 9.78 Å². The SMILES string of the molecule is COc1ccc(-c2nc(C)c(C(=O)Nc3cccc(C(=O)N4CCN(C(=O)OC(C)(C)C)CC4)c3)n2O)cc1-c1c(C)cccc1C. The first-order valence-corrected chi connectivity index (χ1v) is 15.5. The molecular formula is C36H41N5O6. The lowest BCUT2D eigenvalue weighted by atomic mass is 9.93. The maximum absolute atomic E-state index is 13.5. The molecular weight excluding hydrogens is 598 g/mol. The normalized spacial score (nSPS) is 13.3. The van der Waals surface area contributed by atoms with Gasteiger partial charge in [0.1, 0.15) is 11.4 Å². The molecule has 0 aliphatic carbocycles. The molecule has 5 rings (SSSR count). The van der Waals surface area contributed by atoms with Crippen LogP contribution in [0.25, 0.3) is 22.5 Å². The summed E-state index contributed by atoms with van der Waals surface area (Å²) in [6, 6.07) is 18.2. The Labute approximate surface area is 274 Å². The van der Waals surface area contributed by atoms with Crippen molar-refractivity contribution < 1.29 is 29.1 Å². The third kappa shape index (κ3) is 7.09. The molecule has 3 aromatic carbocycles. The second-order valence-electron chi connectivity index (χ2n) is 12.7. The lowest BCUT2D eigenvalue weighted by Crippen LogP contribution is -2.51. The molecule has 11 nitrogen and oxygen atoms in total. The zero-order valence-corrected chi connectivity index (χ0v) is 27.9. The summed E-state index contributed by atoms with van der Waals surface area (Å²) < 4.78 is 11.9. The van der Waals surface area contributed by atoms with Crippen LogP contribution in [0.15, 0.2) is 60.7 Å². The molecule has 1 fully saturated rings. The third-order valence-corrected chi connectivity index (χ3v) is 8.04. The van der Waals surface area contributed by atoms with Crippen molar-refractivity contribution in [3.05, 3.63) is 88.7 Å². The quantitative estimate of drug-likeness (QED) is 0.236. The number of methoxy groups -OCH3 is 1. The molecule has 0 bridgehead atoms. The van der Waals surface area contributed by atoms with E-state index in [1.807, 2.05) is 65.0 Å². The lowest BCUT2D eigenvalue weighted by Gasteiger charge is -2.35. The number of carbonyl (C=O) groups excluding carboxylic acids is 3. The summed E-state index contributed by atoms with van der Waals surface area (Å²) in [7, 11) is 1.61. The van der Waals surface area contributed by atoms with E-state index in [2.05, 4.69) is 10.3 Å². The molecule has 1 aromatic heterocycles. The fourth-order valence-corrected chi connectivity index (χ4v) is 5.77. The largest absolute Gasteiger partial charge is 0.496 e. The summed E-state index contributed by atoms with van der Waals surface area (Å²) >= 11 is 0. The Balaban J connectivity index is 1.32. The summed E-state index contributed by atoms with van der Waals surface area (Å²) in [6.07, 6.45) is -0.398. The van der Waals surface area contributed by atoms with Crippen LogP contribution in [-0.2, 0) is 4.74 Å². The van der Waals surface area contributed by atoms with E-state index in [1.54, 1.807) is 54.2 Å². The van der Waals surface area contributed by atoms with Gasteiger partial charge >= 0.3 is 6.09 Å². The molecule has 0 atom stereocenters. The van der Waals surface area contributed by atoms with Crippen LogP contribution in [0.5, 0.6) is 5.75 Å². The first kappa shape index (κ1) is 33.1. The number of piperazine rings is 1. The molecule has 0 radical (unpaired) electrons. The molecule has 11 heteroatoms. The molecule has 1 aliphatic rings. The highest BCUT2D eigenvalue weighted by molar-refractivity contribution is 6.05. The first-order valence-electron chi connectivity index (χ1n) is 15.5. The number of aryl methyl sites for hydroxylation is 3. The first-order chi connectivity index (χ1) is 22.3. The van der Waals surface area contributed by atoms with Gasteiger partial charge in [0.15, 0.2) is 11.5 Å². The average Bonchev–Trinajstić information content (AvgIpc) is 3.33. The van der Waals surface area contributed by atoms with Gasteiger partial charge in [0.2, 0.25) is 0 Å². The summed E-state index contributed by atoms with van der Waals surface area (Å²) in [5, 5.41) is 14.0. The van der Waals surface area contributed by atoms with Gasteiger partial charge in [-0.2, -0.15) is 4.73 Å². The van der Waals surface area contributed by atoms with Crippen molar-refractivity contribution >= 4 is 23.6 Å². The second kappa shape index (κ2) is 13.2. The number of hydrogen-bond acceptors (Lipinski definition) is 7. The Morgan fingerprint density at radius 3 is 2.15 bits per heavy atom. The number of nitrogens with one attached hydrogen (secondary N) is 1. The molecule has 0 spiro atoms. The highest BCUT2D eigenvalue weighted by Crippen LogP contribution is 2.37. The monoisotopic (exact) mass is 639 g/mol. The molecule has 246 valence electrons. The number of imidazole rings is 1. The van der Waals surface area contributed by atoms with E-state index in [4.69, 9.17) is 9.47 Å². The van der Waals surface area contributed by atoms with Crippen LogP contribution in [-0.4, -0.2) is 81.5 Å². The Bertz CT molecular complexity index is 1810. The highest BCUT2D eigenvalue weighted by atomic mass is 16.6. The average molecular weight is 640 g/mol. The third-order valence-electron chi connectivity index (χ3n) is 8.04. The van der Waals surface area contributed by atoms with Gasteiger partial charge in [0.25, 0.3) is 11.8 Å². The van der Waals surface area contributed by atoms with E-state index in [0.717, 1.165) is 27.0 Å². The standard InChI is InChI=1S/C36H41N5O6/c1-22-10-8-11-23(2)30(22)28-21-25(14-15-29(28)46-7)32-37-24(3)31(41(32)45)33(42)38-27-13-9-12-26(20-27)34(43)39-16-18-40(19-17-39)35(44)47-36(4,5)6/h8-15,20-21,45H,16-19H2,1-7H3,(H,38,42). The maximum Gasteiger partial charge on any atom is 0.410 e. The summed E-state index contributed by atoms with van der Waals surface area (Å²) in [5.41, 5.74) is 5.11. The van der Waals surface area contributed by atoms with Crippen molar-refractivity contribution in [1.29, 1.82) is 0 Å². The van der Waals surface area contributed by atoms with E-state index >= 15 is 0 Å². The Morgan fingerprint density at radius 2 is 1.51 bits per heavy atom. The van der Waals surface area contributed by atoms with Gasteiger partial charge < -0.3 is 29.8 Å². The van der Waals surface area contributed by atoms with E-state index in [0.29, 0.717) is 54.4 Å². The number of anilines is 1. The predicted molar refractivity (Wildman–Crippen MR) is 179 cm³/mol. The van der Waals surface area contributed by atoms with E-state index in [1.165, 1.54) is 0 Å². The minimum atomic E-state index is -0.595. The zero-order chi connectivity index (χ0) is 34.0. The number of aromatic nitrogens is 2. The zero-order valence-electron chi connectivity index (χ0n) is 27.9. The van der Waals surface area contributed by atoms with E-state index < -0.39 is 17.6 Å². The maximum atomic E-state index is 13.5. The fraction of sp³-hybridized carbons (Fsp3) is 0.333. The van der Waals surface area contributed by atoms with Crippen LogP contribution >= 0.6 is 0 Å². The summed E-state index contributed by atoms with van der Waals surface area (Å²) in [4.78, 5) is 47.0. The molecule has 0 saturated carbocycles. The summed E-state index contributed by atoms with van der Waals surface area (Å²) in [6.45, 7) is 12.6. The minimum absolute atomic E-state index is 0.0283. The van der Waals surface area contributed by atoms with Crippen molar-refractivity contribution in [2.45, 2.75) is 47.1 Å². The number of nitrogens with zero attached hydrogens (tertiary/aromatic N) is 4. The van der Waals surface area contributed by atoms with Crippen LogP contribution in [0, 0.1) is 20.8 Å². The fourth-order valence-electron chi connectivity index (χ4n) is 5.77. The molecule has 4 aromatic rings. The van der Waals surface area contributed by atoms with Crippen molar-refractivity contribution in [3.8, 4) is 28.3 Å². The molecule has 3 amide bonds. The minimum Gasteiger partial charge on any atom is -0.496 e. The molecule has 1 aliphatic heterocycles. The number of benzene rings is 3. The van der Waals surface area contributed by atoms with Crippen molar-refractivity contribution in [2.24, 2.45) is 0 Å². The van der Waals surface area contributed by atoms with Crippen LogP contribution in [0.4, 0.5) is 10.5 Å². The van der Waals surface area contributed by atoms with Crippen molar-refractivity contribution in [2.75, 3.05) is 38.6 Å². The molecule has 2 heterocycles. The predicted octanol–water partition coefficient (Wildman–Crippen LogP) is 6.33. The van der Waals surface area contributed by atoms with Gasteiger partial charge in [-0.1, -0.05) is 24.3 Å².